The summed E-state index contributed by atoms with van der Waals surface area (Å²) in [7, 11) is 1.35. The monoisotopic (exact) mass is 285 g/mol. The van der Waals surface area contributed by atoms with Crippen molar-refractivity contribution in [2.45, 2.75) is 38.1 Å². The van der Waals surface area contributed by atoms with E-state index in [4.69, 9.17) is 12.2 Å². The minimum Gasteiger partial charge on any atom is -0.453 e. The van der Waals surface area contributed by atoms with Crippen molar-refractivity contribution in [2.75, 3.05) is 33.3 Å². The van der Waals surface area contributed by atoms with Gasteiger partial charge in [-0.05, 0) is 25.1 Å². The lowest BCUT2D eigenvalue weighted by Crippen LogP contribution is -2.55. The van der Waals surface area contributed by atoms with Crippen LogP contribution in [-0.2, 0) is 4.74 Å². The van der Waals surface area contributed by atoms with Gasteiger partial charge in [0.1, 0.15) is 0 Å². The zero-order valence-corrected chi connectivity index (χ0v) is 12.4. The van der Waals surface area contributed by atoms with Gasteiger partial charge in [0.05, 0.1) is 7.11 Å². The Labute approximate surface area is 120 Å². The van der Waals surface area contributed by atoms with E-state index < -0.39 is 6.09 Å². The summed E-state index contributed by atoms with van der Waals surface area (Å²) in [5.41, 5.74) is 0. The van der Waals surface area contributed by atoms with Gasteiger partial charge in [-0.2, -0.15) is 0 Å². The second-order valence-corrected chi connectivity index (χ2v) is 5.62. The van der Waals surface area contributed by atoms with Crippen LogP contribution in [0.25, 0.3) is 0 Å². The molecule has 1 saturated carbocycles. The third kappa shape index (κ3) is 4.04. The molecule has 1 aliphatic heterocycles. The summed E-state index contributed by atoms with van der Waals surface area (Å²) in [6.45, 7) is 3.85. The number of piperazine rings is 1. The molecule has 6 heteroatoms. The Morgan fingerprint density at radius 1 is 1.16 bits per heavy atom. The van der Waals surface area contributed by atoms with E-state index in [1.165, 1.54) is 39.2 Å². The summed E-state index contributed by atoms with van der Waals surface area (Å²) in [5, 5.41) is 3.05. The number of amides is 1. The van der Waals surface area contributed by atoms with Crippen LogP contribution >= 0.6 is 12.2 Å². The summed E-state index contributed by atoms with van der Waals surface area (Å²) < 4.78 is 4.55. The number of nitrogens with zero attached hydrogens (tertiary/aromatic N) is 2. The van der Waals surface area contributed by atoms with Crippen molar-refractivity contribution in [2.24, 2.45) is 0 Å². The summed E-state index contributed by atoms with van der Waals surface area (Å²) in [5.74, 6) is 0. The SMILES string of the molecule is COC(=O)NC(=S)N1CCN(C2CCCCC2)CC1. The van der Waals surface area contributed by atoms with E-state index in [-0.39, 0.29) is 0 Å². The van der Waals surface area contributed by atoms with E-state index in [0.717, 1.165) is 32.2 Å². The first-order chi connectivity index (χ1) is 9.20. The normalized spacial score (nSPS) is 22.1. The molecule has 2 rings (SSSR count). The van der Waals surface area contributed by atoms with E-state index >= 15 is 0 Å². The highest BCUT2D eigenvalue weighted by Crippen LogP contribution is 2.23. The van der Waals surface area contributed by atoms with Crippen LogP contribution in [-0.4, -0.2) is 60.3 Å². The van der Waals surface area contributed by atoms with Gasteiger partial charge in [0.15, 0.2) is 5.11 Å². The molecule has 1 saturated heterocycles. The first-order valence-corrected chi connectivity index (χ1v) is 7.49. The third-order valence-corrected chi connectivity index (χ3v) is 4.45. The molecule has 0 atom stereocenters. The molecule has 19 heavy (non-hydrogen) atoms. The molecule has 0 aromatic rings. The predicted octanol–water partition coefficient (Wildman–Crippen LogP) is 1.58. The predicted molar refractivity (Wildman–Crippen MR) is 78.2 cm³/mol. The number of hydrogen-bond donors (Lipinski definition) is 1. The van der Waals surface area contributed by atoms with Crippen molar-refractivity contribution in [3.63, 3.8) is 0 Å². The molecule has 1 aliphatic carbocycles. The third-order valence-electron chi connectivity index (χ3n) is 4.09. The Morgan fingerprint density at radius 3 is 2.37 bits per heavy atom. The van der Waals surface area contributed by atoms with Crippen molar-refractivity contribution in [1.29, 1.82) is 0 Å². The molecule has 0 aromatic heterocycles. The molecule has 5 nitrogen and oxygen atoms in total. The van der Waals surface area contributed by atoms with Gasteiger partial charge in [0, 0.05) is 32.2 Å². The first kappa shape index (κ1) is 14.5. The highest BCUT2D eigenvalue weighted by molar-refractivity contribution is 7.80. The number of carbonyl (C=O) groups is 1. The van der Waals surface area contributed by atoms with Gasteiger partial charge >= 0.3 is 6.09 Å². The Kier molecular flexibility index (Phi) is 5.39. The van der Waals surface area contributed by atoms with E-state index in [0.29, 0.717) is 5.11 Å². The maximum Gasteiger partial charge on any atom is 0.413 e. The second kappa shape index (κ2) is 7.05. The van der Waals surface area contributed by atoms with Crippen molar-refractivity contribution >= 4 is 23.4 Å². The number of ether oxygens (including phenoxy) is 1. The largest absolute Gasteiger partial charge is 0.453 e. The number of rotatable bonds is 1. The molecule has 0 unspecified atom stereocenters. The van der Waals surface area contributed by atoms with Gasteiger partial charge in [-0.3, -0.25) is 10.2 Å². The minimum absolute atomic E-state index is 0.482. The minimum atomic E-state index is -0.486. The molecule has 2 fully saturated rings. The fourth-order valence-electron chi connectivity index (χ4n) is 2.95. The average Bonchev–Trinajstić information content (AvgIpc) is 2.48. The van der Waals surface area contributed by atoms with Crippen LogP contribution in [0.4, 0.5) is 4.79 Å². The smallest absolute Gasteiger partial charge is 0.413 e. The van der Waals surface area contributed by atoms with Crippen molar-refractivity contribution in [3.05, 3.63) is 0 Å². The molecule has 1 heterocycles. The quantitative estimate of drug-likeness (QED) is 0.741. The molecular weight excluding hydrogens is 262 g/mol. The number of carbonyl (C=O) groups excluding carboxylic acids is 1. The summed E-state index contributed by atoms with van der Waals surface area (Å²) in [4.78, 5) is 15.7. The topological polar surface area (TPSA) is 44.8 Å². The number of alkyl carbamates (subject to hydrolysis) is 1. The van der Waals surface area contributed by atoms with Crippen molar-refractivity contribution < 1.29 is 9.53 Å². The first-order valence-electron chi connectivity index (χ1n) is 7.08. The molecule has 2 aliphatic rings. The zero-order valence-electron chi connectivity index (χ0n) is 11.6. The molecule has 0 bridgehead atoms. The number of thiocarbonyl (C=S) groups is 1. The van der Waals surface area contributed by atoms with Crippen LogP contribution in [0.3, 0.4) is 0 Å². The molecule has 1 amide bonds. The average molecular weight is 285 g/mol. The van der Waals surface area contributed by atoms with Gasteiger partial charge in [0.25, 0.3) is 0 Å². The fourth-order valence-corrected chi connectivity index (χ4v) is 3.22. The van der Waals surface area contributed by atoms with Crippen molar-refractivity contribution in [1.82, 2.24) is 15.1 Å². The number of hydrogen-bond acceptors (Lipinski definition) is 4. The maximum absolute atomic E-state index is 11.1. The Bertz CT molecular complexity index is 324. The lowest BCUT2D eigenvalue weighted by molar-refractivity contribution is 0.106. The van der Waals surface area contributed by atoms with Crippen LogP contribution < -0.4 is 5.32 Å². The van der Waals surface area contributed by atoms with E-state index in [2.05, 4.69) is 15.0 Å². The van der Waals surface area contributed by atoms with E-state index in [1.54, 1.807) is 0 Å². The summed E-state index contributed by atoms with van der Waals surface area (Å²) >= 11 is 5.21. The van der Waals surface area contributed by atoms with Gasteiger partial charge in [-0.25, -0.2) is 4.79 Å². The van der Waals surface area contributed by atoms with Crippen LogP contribution in [0.5, 0.6) is 0 Å². The summed E-state index contributed by atoms with van der Waals surface area (Å²) in [6, 6.07) is 0.762. The van der Waals surface area contributed by atoms with Crippen molar-refractivity contribution in [3.8, 4) is 0 Å². The van der Waals surface area contributed by atoms with Gasteiger partial charge in [-0.15, -0.1) is 0 Å². The summed E-state index contributed by atoms with van der Waals surface area (Å²) in [6.07, 6.45) is 6.32. The highest BCUT2D eigenvalue weighted by atomic mass is 32.1. The van der Waals surface area contributed by atoms with E-state index in [9.17, 15) is 4.79 Å². The number of methoxy groups -OCH3 is 1. The van der Waals surface area contributed by atoms with Crippen LogP contribution in [0.1, 0.15) is 32.1 Å². The van der Waals surface area contributed by atoms with Gasteiger partial charge in [0.2, 0.25) is 0 Å². The molecular formula is C13H23N3O2S. The standard InChI is InChI=1S/C13H23N3O2S/c1-18-13(17)14-12(19)16-9-7-15(8-10-16)11-5-3-2-4-6-11/h11H,2-10H2,1H3,(H,14,17,19). The molecule has 1 N–H and O–H groups in total. The fraction of sp³-hybridized carbons (Fsp3) is 0.846. The Morgan fingerprint density at radius 2 is 1.79 bits per heavy atom. The van der Waals surface area contributed by atoms with Crippen LogP contribution in [0.15, 0.2) is 0 Å². The second-order valence-electron chi connectivity index (χ2n) is 5.24. The van der Waals surface area contributed by atoms with E-state index in [1.807, 2.05) is 4.90 Å². The Hall–Kier alpha value is -0.880. The number of nitrogens with one attached hydrogen (secondary N) is 1. The molecule has 0 spiro atoms. The Balaban J connectivity index is 1.75. The molecule has 108 valence electrons. The molecule has 0 aromatic carbocycles. The van der Waals surface area contributed by atoms with Crippen LogP contribution in [0, 0.1) is 0 Å². The lowest BCUT2D eigenvalue weighted by atomic mass is 9.94. The maximum atomic E-state index is 11.1. The molecule has 0 radical (unpaired) electrons. The highest BCUT2D eigenvalue weighted by Gasteiger charge is 2.26. The van der Waals surface area contributed by atoms with Crippen LogP contribution in [0.2, 0.25) is 0 Å². The van der Waals surface area contributed by atoms with Gasteiger partial charge < -0.3 is 9.64 Å². The van der Waals surface area contributed by atoms with Gasteiger partial charge in [-0.1, -0.05) is 19.3 Å². The zero-order chi connectivity index (χ0) is 13.7. The lowest BCUT2D eigenvalue weighted by Gasteiger charge is -2.41.